The lowest BCUT2D eigenvalue weighted by atomic mass is 10.1. The fourth-order valence-electron chi connectivity index (χ4n) is 3.36. The molecule has 2 aromatic rings. The fourth-order valence-corrected chi connectivity index (χ4v) is 6.37. The van der Waals surface area contributed by atoms with Gasteiger partial charge in [-0.2, -0.15) is 31.0 Å². The molecular formula is C18H15F7N3O2P. The van der Waals surface area contributed by atoms with Gasteiger partial charge in [-0.3, -0.25) is 10.5 Å². The van der Waals surface area contributed by atoms with Gasteiger partial charge in [0.05, 0.1) is 17.8 Å². The summed E-state index contributed by atoms with van der Waals surface area (Å²) in [5.74, 6) is -2.05. The minimum Gasteiger partial charge on any atom is -0.641 e. The van der Waals surface area contributed by atoms with E-state index in [0.29, 0.717) is 0 Å². The zero-order chi connectivity index (χ0) is 23.4. The van der Waals surface area contributed by atoms with Crippen molar-refractivity contribution in [3.63, 3.8) is 0 Å². The molecule has 5 nitrogen and oxygen atoms in total. The Labute approximate surface area is 172 Å². The van der Waals surface area contributed by atoms with Crippen molar-refractivity contribution in [2.75, 3.05) is 11.7 Å². The van der Waals surface area contributed by atoms with E-state index in [2.05, 4.69) is 0 Å². The molecule has 1 unspecified atom stereocenters. The van der Waals surface area contributed by atoms with Crippen LogP contribution in [0.3, 0.4) is 0 Å². The summed E-state index contributed by atoms with van der Waals surface area (Å²) in [6.07, 6.45) is -12.5. The number of halogens is 7. The van der Waals surface area contributed by atoms with Crippen molar-refractivity contribution in [2.24, 2.45) is 5.73 Å². The summed E-state index contributed by atoms with van der Waals surface area (Å²) >= 11 is 0. The molecule has 1 amide bonds. The van der Waals surface area contributed by atoms with Crippen molar-refractivity contribution in [2.45, 2.75) is 24.2 Å². The number of hydrogen-bond acceptors (Lipinski definition) is 4. The highest BCUT2D eigenvalue weighted by molar-refractivity contribution is 7.70. The Morgan fingerprint density at radius 1 is 0.968 bits per heavy atom. The molecule has 0 fully saturated rings. The zero-order valence-corrected chi connectivity index (χ0v) is 16.6. The highest BCUT2D eigenvalue weighted by Crippen LogP contribution is 2.75. The molecule has 2 N–H and O–H groups in total. The molecule has 1 atom stereocenters. The Morgan fingerprint density at radius 3 is 2.00 bits per heavy atom. The van der Waals surface area contributed by atoms with E-state index in [1.807, 2.05) is 0 Å². The molecule has 0 saturated carbocycles. The molecule has 0 aliphatic carbocycles. The molecule has 0 aromatic heterocycles. The number of nitrogens with zero attached hydrogens (tertiary/aromatic N) is 2. The van der Waals surface area contributed by atoms with Gasteiger partial charge in [0.15, 0.2) is 7.79 Å². The van der Waals surface area contributed by atoms with Gasteiger partial charge in [0.25, 0.3) is 5.91 Å². The van der Waals surface area contributed by atoms with Crippen LogP contribution in [0.15, 0.2) is 48.5 Å². The summed E-state index contributed by atoms with van der Waals surface area (Å²) in [7, 11) is -5.24. The molecule has 3 rings (SSSR count). The third-order valence-corrected chi connectivity index (χ3v) is 8.45. The first kappa shape index (κ1) is 23.2. The summed E-state index contributed by atoms with van der Waals surface area (Å²) in [4.78, 5) is 26.9. The summed E-state index contributed by atoms with van der Waals surface area (Å²) in [5.41, 5.74) is 4.23. The lowest BCUT2D eigenvalue weighted by Crippen LogP contribution is -2.73. The minimum absolute atomic E-state index is 0.0104. The topological polar surface area (TPSA) is 72.6 Å². The molecule has 1 aliphatic rings. The van der Waals surface area contributed by atoms with Crippen LogP contribution < -0.4 is 15.3 Å². The number of alkyl halides is 6. The summed E-state index contributed by atoms with van der Waals surface area (Å²) in [5, 5.41) is -5.26. The van der Waals surface area contributed by atoms with Gasteiger partial charge in [0.2, 0.25) is 0 Å². The van der Waals surface area contributed by atoms with Gasteiger partial charge < -0.3 is 4.89 Å². The van der Waals surface area contributed by atoms with Crippen LogP contribution in [0.5, 0.6) is 0 Å². The van der Waals surface area contributed by atoms with Gasteiger partial charge >= 0.3 is 17.6 Å². The molecule has 168 valence electrons. The first-order chi connectivity index (χ1) is 14.2. The first-order valence-corrected chi connectivity index (χ1v) is 10.2. The average molecular weight is 469 g/mol. The molecule has 1 heterocycles. The number of benzene rings is 2. The van der Waals surface area contributed by atoms with E-state index >= 15 is 0 Å². The molecule has 31 heavy (non-hydrogen) atoms. The largest absolute Gasteiger partial charge is 0.641 e. The Hall–Kier alpha value is -2.43. The average Bonchev–Trinajstić information content (AvgIpc) is 2.68. The van der Waals surface area contributed by atoms with Crippen LogP contribution in [0, 0.1) is 5.82 Å². The van der Waals surface area contributed by atoms with Crippen LogP contribution in [-0.4, -0.2) is 35.3 Å². The molecule has 1 aliphatic heterocycles. The first-order valence-electron chi connectivity index (χ1n) is 8.58. The van der Waals surface area contributed by atoms with Crippen LogP contribution >= 0.6 is 7.79 Å². The van der Waals surface area contributed by atoms with Crippen LogP contribution in [0.4, 0.5) is 36.4 Å². The van der Waals surface area contributed by atoms with Crippen molar-refractivity contribution in [3.05, 3.63) is 65.5 Å². The van der Waals surface area contributed by atoms with E-state index in [4.69, 9.17) is 5.73 Å². The van der Waals surface area contributed by atoms with Crippen molar-refractivity contribution in [1.82, 2.24) is 4.67 Å². The van der Waals surface area contributed by atoms with Gasteiger partial charge in [0.1, 0.15) is 5.82 Å². The third-order valence-electron chi connectivity index (χ3n) is 5.02. The number of nitrogens with two attached hydrogens (primary N) is 1. The number of para-hydroxylation sites is 1. The van der Waals surface area contributed by atoms with Gasteiger partial charge in [-0.1, -0.05) is 24.3 Å². The molecule has 0 spiro atoms. The predicted octanol–water partition coefficient (Wildman–Crippen LogP) is 3.82. The van der Waals surface area contributed by atoms with Crippen LogP contribution in [0.2, 0.25) is 0 Å². The highest BCUT2D eigenvalue weighted by Gasteiger charge is 2.85. The maximum Gasteiger partial charge on any atom is 0.455 e. The standard InChI is InChI=1S/C18H15F7N3O2P/c1-27-14-5-3-2-4-13(14)15(29)28(10-11-6-8-12(19)9-7-11)31(27,30)16(26,17(20,21)22)18(23,24)25/h2-9H,10,26H2,1H3. The second kappa shape index (κ2) is 7.32. The second-order valence-electron chi connectivity index (χ2n) is 6.84. The van der Waals surface area contributed by atoms with Gasteiger partial charge in [-0.15, -0.1) is 0 Å². The molecule has 0 saturated heterocycles. The van der Waals surface area contributed by atoms with Crippen LogP contribution in [0.1, 0.15) is 15.9 Å². The SMILES string of the molecule is CN1c2ccccc2C(=O)N(Cc2ccc(F)cc2)[P+]1([O-])C(N)(C(F)(F)F)C(F)(F)F. The highest BCUT2D eigenvalue weighted by atomic mass is 31.2. The number of amides is 1. The van der Waals surface area contributed by atoms with Crippen molar-refractivity contribution in [1.29, 1.82) is 0 Å². The van der Waals surface area contributed by atoms with E-state index in [0.717, 1.165) is 37.4 Å². The van der Waals surface area contributed by atoms with Crippen molar-refractivity contribution >= 4 is 19.4 Å². The lowest BCUT2D eigenvalue weighted by Gasteiger charge is -2.55. The quantitative estimate of drug-likeness (QED) is 0.548. The van der Waals surface area contributed by atoms with Gasteiger partial charge in [-0.25, -0.2) is 9.06 Å². The fraction of sp³-hybridized carbons (Fsp3) is 0.278. The number of carbonyl (C=O) groups excluding carboxylic acids is 1. The lowest BCUT2D eigenvalue weighted by molar-refractivity contribution is -0.290. The molecule has 0 radical (unpaired) electrons. The van der Waals surface area contributed by atoms with E-state index < -0.39 is 49.4 Å². The second-order valence-corrected chi connectivity index (χ2v) is 9.71. The molecule has 13 heteroatoms. The Bertz CT molecular complexity index is 983. The third kappa shape index (κ3) is 3.33. The van der Waals surface area contributed by atoms with Crippen LogP contribution in [0.25, 0.3) is 0 Å². The van der Waals surface area contributed by atoms with E-state index in [9.17, 15) is 40.4 Å². The van der Waals surface area contributed by atoms with Crippen molar-refractivity contribution in [3.8, 4) is 0 Å². The van der Waals surface area contributed by atoms with Gasteiger partial charge in [-0.05, 0) is 29.8 Å². The zero-order valence-electron chi connectivity index (χ0n) is 15.7. The maximum atomic E-state index is 13.8. The maximum absolute atomic E-state index is 13.8. The number of rotatable bonds is 3. The smallest absolute Gasteiger partial charge is 0.455 e. The molecule has 0 bridgehead atoms. The number of carbonyl (C=O) groups is 1. The van der Waals surface area contributed by atoms with E-state index in [1.54, 1.807) is 0 Å². The minimum atomic E-state index is -6.23. The Morgan fingerprint density at radius 2 is 1.48 bits per heavy atom. The monoisotopic (exact) mass is 469 g/mol. The number of anilines is 1. The Balaban J connectivity index is 2.31. The molecule has 2 aromatic carbocycles. The normalized spacial score (nSPS) is 20.1. The number of hydrogen-bond donors (Lipinski definition) is 1. The van der Waals surface area contributed by atoms with Gasteiger partial charge in [0, 0.05) is 7.05 Å². The van der Waals surface area contributed by atoms with Crippen LogP contribution in [-0.2, 0) is 6.54 Å². The molecular weight excluding hydrogens is 454 g/mol. The summed E-state index contributed by atoms with van der Waals surface area (Å²) in [6, 6.07) is 8.75. The Kier molecular flexibility index (Phi) is 5.49. The van der Waals surface area contributed by atoms with E-state index in [-0.39, 0.29) is 20.5 Å². The number of fused-ring (bicyclic) bond motifs is 1. The van der Waals surface area contributed by atoms with Crippen molar-refractivity contribution < 1.29 is 40.4 Å². The summed E-state index contributed by atoms with van der Waals surface area (Å²) < 4.78 is 96.5. The predicted molar refractivity (Wildman–Crippen MR) is 97.1 cm³/mol. The van der Waals surface area contributed by atoms with E-state index in [1.165, 1.54) is 18.2 Å². The summed E-state index contributed by atoms with van der Waals surface area (Å²) in [6.45, 7) is -0.930.